The van der Waals surface area contributed by atoms with E-state index in [1.165, 1.54) is 23.9 Å². The minimum atomic E-state index is -4.78. The maximum Gasteiger partial charge on any atom is 0.573 e. The van der Waals surface area contributed by atoms with Gasteiger partial charge in [0.2, 0.25) is 5.91 Å². The van der Waals surface area contributed by atoms with Crippen LogP contribution < -0.4 is 15.6 Å². The number of aromatic nitrogens is 2. The van der Waals surface area contributed by atoms with Gasteiger partial charge in [-0.3, -0.25) is 9.59 Å². The van der Waals surface area contributed by atoms with E-state index in [4.69, 9.17) is 0 Å². The molecular weight excluding hydrogens is 359 g/mol. The molecule has 1 aliphatic rings. The number of benzene rings is 1. The van der Waals surface area contributed by atoms with Gasteiger partial charge in [0.1, 0.15) is 11.6 Å². The average molecular weight is 371 g/mol. The van der Waals surface area contributed by atoms with Crippen molar-refractivity contribution in [3.8, 4) is 5.75 Å². The zero-order chi connectivity index (χ0) is 18.2. The largest absolute Gasteiger partial charge is 0.573 e. The Labute approximate surface area is 143 Å². The van der Waals surface area contributed by atoms with Gasteiger partial charge in [0.25, 0.3) is 5.56 Å². The molecule has 10 heteroatoms. The number of hydrogen-bond donors (Lipinski definition) is 2. The number of carbonyl (C=O) groups excluding carboxylic acids is 1. The molecule has 3 rings (SSSR count). The first-order valence-electron chi connectivity index (χ1n) is 7.10. The van der Waals surface area contributed by atoms with Gasteiger partial charge in [-0.2, -0.15) is 0 Å². The Balaban J connectivity index is 1.99. The highest BCUT2D eigenvalue weighted by Gasteiger charge is 2.33. The van der Waals surface area contributed by atoms with Gasteiger partial charge in [0.05, 0.1) is 5.56 Å². The Morgan fingerprint density at radius 3 is 2.52 bits per heavy atom. The molecule has 1 aromatic heterocycles. The molecule has 25 heavy (non-hydrogen) atoms. The summed E-state index contributed by atoms with van der Waals surface area (Å²) in [6.07, 6.45) is -3.06. The van der Waals surface area contributed by atoms with Crippen LogP contribution in [0, 0.1) is 0 Å². The van der Waals surface area contributed by atoms with Gasteiger partial charge < -0.3 is 15.0 Å². The molecule has 1 aromatic carbocycles. The lowest BCUT2D eigenvalue weighted by atomic mass is 9.87. The molecule has 0 aliphatic carbocycles. The summed E-state index contributed by atoms with van der Waals surface area (Å²) in [6, 6.07) is 5.09. The van der Waals surface area contributed by atoms with Crippen LogP contribution in [0.5, 0.6) is 5.75 Å². The first-order valence-corrected chi connectivity index (χ1v) is 8.33. The van der Waals surface area contributed by atoms with Crippen molar-refractivity contribution in [3.05, 3.63) is 45.7 Å². The molecule has 2 N–H and O–H groups in total. The van der Waals surface area contributed by atoms with E-state index in [0.717, 1.165) is 12.1 Å². The molecule has 0 fully saturated rings. The zero-order valence-electron chi connectivity index (χ0n) is 12.8. The summed E-state index contributed by atoms with van der Waals surface area (Å²) >= 11 is 1.22. The van der Waals surface area contributed by atoms with Crippen LogP contribution in [0.4, 0.5) is 19.0 Å². The number of aromatic amines is 1. The number of nitrogens with zero attached hydrogens (tertiary/aromatic N) is 1. The van der Waals surface area contributed by atoms with Crippen molar-refractivity contribution in [2.45, 2.75) is 23.9 Å². The van der Waals surface area contributed by atoms with Crippen LogP contribution in [0.1, 0.15) is 23.5 Å². The van der Waals surface area contributed by atoms with Crippen LogP contribution in [0.25, 0.3) is 0 Å². The predicted octanol–water partition coefficient (Wildman–Crippen LogP) is 2.86. The minimum Gasteiger partial charge on any atom is -0.406 e. The number of amides is 1. The van der Waals surface area contributed by atoms with Crippen LogP contribution in [-0.4, -0.2) is 28.5 Å². The minimum absolute atomic E-state index is 0.00412. The SMILES string of the molecule is CSc1nc2c(c(=O)[nH]1)C(c1ccc(OC(F)(F)F)cc1)CC(=O)N2. The van der Waals surface area contributed by atoms with E-state index in [1.54, 1.807) is 6.26 Å². The van der Waals surface area contributed by atoms with Crippen LogP contribution in [0.15, 0.2) is 34.2 Å². The molecule has 6 nitrogen and oxygen atoms in total. The van der Waals surface area contributed by atoms with Crippen LogP contribution >= 0.6 is 11.8 Å². The quantitative estimate of drug-likeness (QED) is 0.640. The number of ether oxygens (including phenoxy) is 1. The van der Waals surface area contributed by atoms with Crippen molar-refractivity contribution in [2.24, 2.45) is 0 Å². The maximum atomic E-state index is 12.4. The number of thioether (sulfide) groups is 1. The van der Waals surface area contributed by atoms with Crippen LogP contribution in [0.2, 0.25) is 0 Å². The maximum absolute atomic E-state index is 12.4. The Kier molecular flexibility index (Phi) is 4.46. The highest BCUT2D eigenvalue weighted by Crippen LogP contribution is 2.35. The van der Waals surface area contributed by atoms with Gasteiger partial charge in [-0.05, 0) is 24.0 Å². The Morgan fingerprint density at radius 1 is 1.24 bits per heavy atom. The van der Waals surface area contributed by atoms with Crippen molar-refractivity contribution in [1.29, 1.82) is 0 Å². The van der Waals surface area contributed by atoms with E-state index < -0.39 is 17.8 Å². The van der Waals surface area contributed by atoms with Crippen LogP contribution in [0.3, 0.4) is 0 Å². The first-order chi connectivity index (χ1) is 11.8. The Morgan fingerprint density at radius 2 is 1.92 bits per heavy atom. The van der Waals surface area contributed by atoms with Gasteiger partial charge in [-0.25, -0.2) is 4.98 Å². The molecule has 132 valence electrons. The van der Waals surface area contributed by atoms with Gasteiger partial charge in [0.15, 0.2) is 5.16 Å². The van der Waals surface area contributed by atoms with E-state index in [1.807, 2.05) is 0 Å². The van der Waals surface area contributed by atoms with Crippen molar-refractivity contribution >= 4 is 23.5 Å². The standard InChI is InChI=1S/C15H12F3N3O3S/c1-25-14-20-12-11(13(23)21-14)9(6-10(22)19-12)7-2-4-8(5-3-7)24-15(16,17)18/h2-5,9H,6H2,1H3,(H2,19,20,21,22,23). The van der Waals surface area contributed by atoms with Crippen molar-refractivity contribution in [2.75, 3.05) is 11.6 Å². The number of halogens is 3. The molecule has 2 heterocycles. The fraction of sp³-hybridized carbons (Fsp3) is 0.267. The van der Waals surface area contributed by atoms with E-state index >= 15 is 0 Å². The molecule has 0 saturated heterocycles. The number of H-pyrrole nitrogens is 1. The summed E-state index contributed by atoms with van der Waals surface area (Å²) in [5.41, 5.74) is 0.409. The van der Waals surface area contributed by atoms with Gasteiger partial charge in [-0.1, -0.05) is 23.9 Å². The lowest BCUT2D eigenvalue weighted by Crippen LogP contribution is -2.31. The summed E-state index contributed by atoms with van der Waals surface area (Å²) in [6.45, 7) is 0. The number of alkyl halides is 3. The molecule has 2 aromatic rings. The number of fused-ring (bicyclic) bond motifs is 1. The topological polar surface area (TPSA) is 84.1 Å². The fourth-order valence-corrected chi connectivity index (χ4v) is 3.01. The van der Waals surface area contributed by atoms with Gasteiger partial charge in [0, 0.05) is 12.3 Å². The second-order valence-corrected chi connectivity index (χ2v) is 6.05. The molecular formula is C15H12F3N3O3S. The summed E-state index contributed by atoms with van der Waals surface area (Å²) in [5.74, 6) is -1.12. The number of carbonyl (C=O) groups is 1. The highest BCUT2D eigenvalue weighted by molar-refractivity contribution is 7.98. The van der Waals surface area contributed by atoms with E-state index in [9.17, 15) is 22.8 Å². The van der Waals surface area contributed by atoms with E-state index in [-0.39, 0.29) is 29.5 Å². The first kappa shape index (κ1) is 17.3. The molecule has 1 amide bonds. The second kappa shape index (κ2) is 6.43. The van der Waals surface area contributed by atoms with Crippen LogP contribution in [-0.2, 0) is 4.79 Å². The molecule has 1 aliphatic heterocycles. The molecule has 1 atom stereocenters. The second-order valence-electron chi connectivity index (χ2n) is 5.26. The average Bonchev–Trinajstić information content (AvgIpc) is 2.52. The Bertz CT molecular complexity index is 865. The number of anilines is 1. The normalized spacial score (nSPS) is 17.0. The number of nitrogens with one attached hydrogen (secondary N) is 2. The third-order valence-corrected chi connectivity index (χ3v) is 4.22. The van der Waals surface area contributed by atoms with Gasteiger partial charge in [-0.15, -0.1) is 13.2 Å². The molecule has 1 unspecified atom stereocenters. The lowest BCUT2D eigenvalue weighted by Gasteiger charge is -2.24. The summed E-state index contributed by atoms with van der Waals surface area (Å²) < 4.78 is 40.5. The highest BCUT2D eigenvalue weighted by atomic mass is 32.2. The van der Waals surface area contributed by atoms with Crippen molar-refractivity contribution in [3.63, 3.8) is 0 Å². The molecule has 0 radical (unpaired) electrons. The zero-order valence-corrected chi connectivity index (χ0v) is 13.6. The van der Waals surface area contributed by atoms with E-state index in [2.05, 4.69) is 20.0 Å². The van der Waals surface area contributed by atoms with Crippen molar-refractivity contribution in [1.82, 2.24) is 9.97 Å². The summed E-state index contributed by atoms with van der Waals surface area (Å²) in [4.78, 5) is 31.1. The van der Waals surface area contributed by atoms with Gasteiger partial charge >= 0.3 is 6.36 Å². The summed E-state index contributed by atoms with van der Waals surface area (Å²) in [7, 11) is 0. The lowest BCUT2D eigenvalue weighted by molar-refractivity contribution is -0.274. The summed E-state index contributed by atoms with van der Waals surface area (Å²) in [5, 5.41) is 2.92. The molecule has 0 spiro atoms. The number of rotatable bonds is 3. The number of hydrogen-bond acceptors (Lipinski definition) is 5. The van der Waals surface area contributed by atoms with E-state index in [0.29, 0.717) is 10.7 Å². The predicted molar refractivity (Wildman–Crippen MR) is 84.9 cm³/mol. The monoisotopic (exact) mass is 371 g/mol. The molecule has 0 bridgehead atoms. The fourth-order valence-electron chi connectivity index (χ4n) is 2.63. The smallest absolute Gasteiger partial charge is 0.406 e. The molecule has 0 saturated carbocycles. The van der Waals surface area contributed by atoms with Crippen molar-refractivity contribution < 1.29 is 22.7 Å². The third-order valence-electron chi connectivity index (χ3n) is 3.64. The Hall–Kier alpha value is -2.49. The third kappa shape index (κ3) is 3.78.